The van der Waals surface area contributed by atoms with E-state index in [1.807, 2.05) is 0 Å². The highest BCUT2D eigenvalue weighted by molar-refractivity contribution is 7.99. The number of pyridine rings is 1. The molecule has 0 spiro atoms. The Labute approximate surface area is 220 Å². The van der Waals surface area contributed by atoms with E-state index in [2.05, 4.69) is 15.0 Å². The van der Waals surface area contributed by atoms with E-state index in [4.69, 9.17) is 9.47 Å². The molecule has 12 heteroatoms. The van der Waals surface area contributed by atoms with E-state index in [0.717, 1.165) is 17.7 Å². The van der Waals surface area contributed by atoms with Crippen molar-refractivity contribution in [3.8, 4) is 11.5 Å². The maximum atomic E-state index is 12.6. The molecule has 1 aromatic heterocycles. The lowest BCUT2D eigenvalue weighted by Gasteiger charge is -2.20. The van der Waals surface area contributed by atoms with Crippen molar-refractivity contribution >= 4 is 30.0 Å². The summed E-state index contributed by atoms with van der Waals surface area (Å²) in [5, 5.41) is 1.69. The number of nitrogens with one attached hydrogen (secondary N) is 1. The number of rotatable bonds is 12. The van der Waals surface area contributed by atoms with Gasteiger partial charge in [0.25, 0.3) is 0 Å². The summed E-state index contributed by atoms with van der Waals surface area (Å²) in [5.74, 6) is -1.06. The third kappa shape index (κ3) is 8.80. The number of aromatic nitrogens is 1. The minimum absolute atomic E-state index is 0.139. The number of benzene rings is 2. The number of thioether (sulfide) groups is 1. The van der Waals surface area contributed by atoms with E-state index >= 15 is 0 Å². The van der Waals surface area contributed by atoms with Crippen LogP contribution in [0.3, 0.4) is 0 Å². The SMILES string of the molecule is CSC(Cc1ccc(OCC(OC(=O)c2cccnc2)c2ccc(OC(F)(F)F)cc2)cc1)C(=O)NC=O. The zero-order valence-electron chi connectivity index (χ0n) is 20.0. The lowest BCUT2D eigenvalue weighted by atomic mass is 10.1. The van der Waals surface area contributed by atoms with Crippen molar-refractivity contribution in [3.63, 3.8) is 0 Å². The van der Waals surface area contributed by atoms with Crippen LogP contribution in [0.1, 0.15) is 27.6 Å². The molecule has 0 bridgehead atoms. The van der Waals surface area contributed by atoms with Crippen LogP contribution in [0, 0.1) is 0 Å². The fraction of sp³-hybridized carbons (Fsp3) is 0.231. The molecule has 1 heterocycles. The van der Waals surface area contributed by atoms with Gasteiger partial charge in [-0.15, -0.1) is 13.2 Å². The molecule has 0 fully saturated rings. The molecule has 8 nitrogen and oxygen atoms in total. The standard InChI is InChI=1S/C26H23F3N2O6S/c1-38-23(24(33)31-16-32)13-17-4-8-20(9-5-17)35-15-22(36-25(34)19-3-2-12-30-14-19)18-6-10-21(11-7-18)37-26(27,28)29/h2-12,14,16,22-23H,13,15H2,1H3,(H,31,32,33). The van der Waals surface area contributed by atoms with Crippen LogP contribution in [0.25, 0.3) is 0 Å². The smallest absolute Gasteiger partial charge is 0.489 e. The number of carbonyl (C=O) groups excluding carboxylic acids is 3. The van der Waals surface area contributed by atoms with Crippen LogP contribution in [0.2, 0.25) is 0 Å². The highest BCUT2D eigenvalue weighted by atomic mass is 32.2. The summed E-state index contributed by atoms with van der Waals surface area (Å²) >= 11 is 1.31. The number of halogens is 3. The average Bonchev–Trinajstić information content (AvgIpc) is 2.90. The van der Waals surface area contributed by atoms with Crippen LogP contribution < -0.4 is 14.8 Å². The summed E-state index contributed by atoms with van der Waals surface area (Å²) in [6, 6.07) is 14.9. The Morgan fingerprint density at radius 3 is 2.32 bits per heavy atom. The Morgan fingerprint density at radius 2 is 1.74 bits per heavy atom. The first kappa shape index (κ1) is 28.5. The first-order valence-corrected chi connectivity index (χ1v) is 12.4. The molecule has 200 valence electrons. The number of imide groups is 1. The Kier molecular flexibility index (Phi) is 10.1. The molecule has 2 unspecified atom stereocenters. The molecular formula is C26H23F3N2O6S. The average molecular weight is 549 g/mol. The summed E-state index contributed by atoms with van der Waals surface area (Å²) in [5.41, 5.74) is 1.41. The Morgan fingerprint density at radius 1 is 1.05 bits per heavy atom. The molecule has 3 aromatic rings. The highest BCUT2D eigenvalue weighted by Gasteiger charge is 2.31. The van der Waals surface area contributed by atoms with Gasteiger partial charge in [-0.3, -0.25) is 19.9 Å². The molecule has 0 aliphatic heterocycles. The van der Waals surface area contributed by atoms with Gasteiger partial charge in [-0.25, -0.2) is 4.79 Å². The molecule has 2 aromatic carbocycles. The quantitative estimate of drug-likeness (QED) is 0.261. The molecule has 38 heavy (non-hydrogen) atoms. The second kappa shape index (κ2) is 13.5. The van der Waals surface area contributed by atoms with Crippen LogP contribution >= 0.6 is 11.8 Å². The van der Waals surface area contributed by atoms with Gasteiger partial charge in [0.1, 0.15) is 18.1 Å². The predicted molar refractivity (Wildman–Crippen MR) is 133 cm³/mol. The highest BCUT2D eigenvalue weighted by Crippen LogP contribution is 2.27. The van der Waals surface area contributed by atoms with Crippen molar-refractivity contribution in [1.29, 1.82) is 0 Å². The number of hydrogen-bond donors (Lipinski definition) is 1. The van der Waals surface area contributed by atoms with E-state index in [0.29, 0.717) is 24.1 Å². The van der Waals surface area contributed by atoms with Crippen LogP contribution in [-0.4, -0.2) is 47.7 Å². The Balaban J connectivity index is 1.71. The van der Waals surface area contributed by atoms with Gasteiger partial charge in [-0.2, -0.15) is 11.8 Å². The van der Waals surface area contributed by atoms with Crippen molar-refractivity contribution in [3.05, 3.63) is 89.7 Å². The second-order valence-corrected chi connectivity index (χ2v) is 8.80. The van der Waals surface area contributed by atoms with Crippen LogP contribution in [0.4, 0.5) is 13.2 Å². The molecule has 0 radical (unpaired) electrons. The maximum absolute atomic E-state index is 12.6. The Hall–Kier alpha value is -4.06. The van der Waals surface area contributed by atoms with Gasteiger partial charge >= 0.3 is 12.3 Å². The lowest BCUT2D eigenvalue weighted by Crippen LogP contribution is -2.32. The summed E-state index contributed by atoms with van der Waals surface area (Å²) in [4.78, 5) is 39.0. The van der Waals surface area contributed by atoms with E-state index < -0.39 is 35.3 Å². The van der Waals surface area contributed by atoms with Gasteiger partial charge in [0.05, 0.1) is 10.8 Å². The first-order chi connectivity index (χ1) is 18.2. The van der Waals surface area contributed by atoms with E-state index in [-0.39, 0.29) is 12.2 Å². The fourth-order valence-electron chi connectivity index (χ4n) is 3.31. The lowest BCUT2D eigenvalue weighted by molar-refractivity contribution is -0.274. The molecule has 0 aliphatic rings. The molecule has 0 aliphatic carbocycles. The number of ether oxygens (including phenoxy) is 3. The van der Waals surface area contributed by atoms with Gasteiger partial charge in [-0.05, 0) is 60.2 Å². The summed E-state index contributed by atoms with van der Waals surface area (Å²) in [7, 11) is 0. The number of amides is 2. The fourth-order valence-corrected chi connectivity index (χ4v) is 3.95. The largest absolute Gasteiger partial charge is 0.573 e. The number of nitrogens with zero attached hydrogens (tertiary/aromatic N) is 1. The van der Waals surface area contributed by atoms with Crippen LogP contribution in [0.15, 0.2) is 73.1 Å². The number of alkyl halides is 3. The zero-order chi connectivity index (χ0) is 27.5. The van der Waals surface area contributed by atoms with Crippen molar-refractivity contribution in [1.82, 2.24) is 10.3 Å². The van der Waals surface area contributed by atoms with Gasteiger partial charge in [0.2, 0.25) is 12.3 Å². The third-order valence-electron chi connectivity index (χ3n) is 5.16. The zero-order valence-corrected chi connectivity index (χ0v) is 20.8. The summed E-state index contributed by atoms with van der Waals surface area (Å²) in [6.07, 6.45) is -0.476. The molecule has 0 saturated heterocycles. The topological polar surface area (TPSA) is 104 Å². The molecule has 1 N–H and O–H groups in total. The predicted octanol–water partition coefficient (Wildman–Crippen LogP) is 4.50. The van der Waals surface area contributed by atoms with Crippen molar-refractivity contribution in [2.75, 3.05) is 12.9 Å². The Bertz CT molecular complexity index is 1210. The van der Waals surface area contributed by atoms with Gasteiger partial charge in [0, 0.05) is 12.4 Å². The van der Waals surface area contributed by atoms with E-state index in [1.165, 1.54) is 42.4 Å². The third-order valence-corrected chi connectivity index (χ3v) is 6.11. The van der Waals surface area contributed by atoms with Crippen LogP contribution in [-0.2, 0) is 20.7 Å². The number of carbonyl (C=O) groups is 3. The number of hydrogen-bond acceptors (Lipinski definition) is 8. The first-order valence-electron chi connectivity index (χ1n) is 11.1. The summed E-state index contributed by atoms with van der Waals surface area (Å²) in [6.45, 7) is -0.139. The second-order valence-electron chi connectivity index (χ2n) is 7.76. The van der Waals surface area contributed by atoms with Crippen molar-refractivity contribution in [2.24, 2.45) is 0 Å². The molecular weight excluding hydrogens is 525 g/mol. The molecule has 3 rings (SSSR count). The summed E-state index contributed by atoms with van der Waals surface area (Å²) < 4.78 is 52.8. The maximum Gasteiger partial charge on any atom is 0.573 e. The normalized spacial score (nSPS) is 12.6. The van der Waals surface area contributed by atoms with E-state index in [9.17, 15) is 27.6 Å². The molecule has 2 amide bonds. The van der Waals surface area contributed by atoms with Crippen LogP contribution in [0.5, 0.6) is 11.5 Å². The molecule has 0 saturated carbocycles. The minimum Gasteiger partial charge on any atom is -0.489 e. The number of esters is 1. The van der Waals surface area contributed by atoms with E-state index in [1.54, 1.807) is 36.6 Å². The minimum atomic E-state index is -4.84. The molecule has 2 atom stereocenters. The van der Waals surface area contributed by atoms with Crippen molar-refractivity contribution in [2.45, 2.75) is 24.1 Å². The van der Waals surface area contributed by atoms with Gasteiger partial charge < -0.3 is 14.2 Å². The monoisotopic (exact) mass is 548 g/mol. The van der Waals surface area contributed by atoms with Gasteiger partial charge in [-0.1, -0.05) is 24.3 Å². The van der Waals surface area contributed by atoms with Gasteiger partial charge in [0.15, 0.2) is 6.10 Å². The van der Waals surface area contributed by atoms with Crippen molar-refractivity contribution < 1.29 is 41.8 Å².